The largest absolute Gasteiger partial charge is 0.508 e. The summed E-state index contributed by atoms with van der Waals surface area (Å²) in [6, 6.07) is 11.2. The number of aliphatic hydroxyl groups excluding tert-OH is 3. The van der Waals surface area contributed by atoms with Gasteiger partial charge in [0.25, 0.3) is 0 Å². The molecule has 13 heteroatoms. The van der Waals surface area contributed by atoms with Crippen molar-refractivity contribution >= 4 is 17.8 Å². The highest BCUT2D eigenvalue weighted by molar-refractivity contribution is 6.03. The van der Waals surface area contributed by atoms with Crippen LogP contribution in [0.4, 0.5) is 0 Å². The van der Waals surface area contributed by atoms with E-state index in [0.717, 1.165) is 11.6 Å². The predicted octanol–water partition coefficient (Wildman–Crippen LogP) is 3.68. The Balaban J connectivity index is 1.49. The monoisotopic (exact) mass is 690 g/mol. The fourth-order valence-electron chi connectivity index (χ4n) is 7.02. The molecule has 0 bridgehead atoms. The lowest BCUT2D eigenvalue weighted by molar-refractivity contribution is -0.271. The van der Waals surface area contributed by atoms with Gasteiger partial charge in [0.15, 0.2) is 11.9 Å². The minimum atomic E-state index is -1.97. The summed E-state index contributed by atoms with van der Waals surface area (Å²) in [5.74, 6) is -6.08. The quantitative estimate of drug-likeness (QED) is 0.131. The normalized spacial score (nSPS) is 28.6. The third-order valence-corrected chi connectivity index (χ3v) is 9.44. The maximum absolute atomic E-state index is 14.8. The van der Waals surface area contributed by atoms with Crippen molar-refractivity contribution in [3.63, 3.8) is 0 Å². The molecule has 1 fully saturated rings. The van der Waals surface area contributed by atoms with E-state index >= 15 is 0 Å². The van der Waals surface area contributed by atoms with E-state index in [-0.39, 0.29) is 46.3 Å². The van der Waals surface area contributed by atoms with Crippen molar-refractivity contribution in [1.82, 2.24) is 0 Å². The molecular weight excluding hydrogens is 652 g/mol. The minimum Gasteiger partial charge on any atom is -0.508 e. The molecule has 2 aliphatic heterocycles. The maximum Gasteiger partial charge on any atom is 0.335 e. The number of hydrogen-bond donors (Lipinski definition) is 8. The summed E-state index contributed by atoms with van der Waals surface area (Å²) in [7, 11) is 0. The highest BCUT2D eigenvalue weighted by Gasteiger charge is 2.49. The van der Waals surface area contributed by atoms with Crippen LogP contribution in [-0.4, -0.2) is 88.9 Å². The van der Waals surface area contributed by atoms with Crippen LogP contribution in [0.1, 0.15) is 66.1 Å². The second-order valence-corrected chi connectivity index (χ2v) is 13.4. The molecule has 0 aromatic heterocycles. The number of carbonyl (C=O) groups excluding carboxylic acids is 1. The number of aliphatic hydroxyl groups is 3. The average molecular weight is 691 g/mol. The molecule has 3 aliphatic rings. The summed E-state index contributed by atoms with van der Waals surface area (Å²) in [6.07, 6.45) is -4.22. The molecule has 6 rings (SSSR count). The van der Waals surface area contributed by atoms with Crippen LogP contribution in [0.3, 0.4) is 0 Å². The van der Waals surface area contributed by atoms with Gasteiger partial charge in [-0.1, -0.05) is 23.8 Å². The first-order valence-corrected chi connectivity index (χ1v) is 16.0. The first kappa shape index (κ1) is 34.8. The summed E-state index contributed by atoms with van der Waals surface area (Å²) >= 11 is 0. The zero-order valence-corrected chi connectivity index (χ0v) is 27.3. The van der Waals surface area contributed by atoms with Gasteiger partial charge < -0.3 is 55.1 Å². The molecule has 1 saturated heterocycles. The lowest BCUT2D eigenvalue weighted by Crippen LogP contribution is -2.61. The van der Waals surface area contributed by atoms with Crippen LogP contribution in [-0.2, 0) is 9.53 Å². The third kappa shape index (κ3) is 6.24. The standard InChI is InChI=1S/C37H38O13/c1-16-13-21(18-8-7-17(38)15-24(18)40)27(30(42)20-9-10-25-19(29(20)41)11-12-37(2,3)50-25)22(14-16)28-23(39)5-4-6-26(28)48-36-33(45)31(43)32(44)34(49-36)35(46)47/h4-12,14-15,21-22,27,31-34,36,38-41,43-45H,13H2,1-3H3,(H,46,47). The SMILES string of the molecule is CC1=CC(c2c(O)cccc2OC2OC(C(=O)O)C(O)C(O)C2O)C(C(=O)c2ccc3c(c2O)C=CC(C)(C)O3)C(c2ccc(O)cc2O)C1. The molecule has 2 heterocycles. The van der Waals surface area contributed by atoms with Gasteiger partial charge in [-0.3, -0.25) is 4.79 Å². The Morgan fingerprint density at radius 1 is 0.920 bits per heavy atom. The molecule has 50 heavy (non-hydrogen) atoms. The van der Waals surface area contributed by atoms with Crippen LogP contribution in [0, 0.1) is 5.92 Å². The van der Waals surface area contributed by atoms with Crippen molar-refractivity contribution in [2.24, 2.45) is 5.92 Å². The number of aliphatic carboxylic acids is 1. The lowest BCUT2D eigenvalue weighted by atomic mass is 9.65. The molecule has 0 saturated carbocycles. The molecule has 3 aromatic rings. The summed E-state index contributed by atoms with van der Waals surface area (Å²) in [5.41, 5.74) is 0.663. The van der Waals surface area contributed by atoms with E-state index in [2.05, 4.69) is 0 Å². The number of allylic oxidation sites excluding steroid dienone is 2. The topological polar surface area (TPSA) is 224 Å². The molecule has 0 amide bonds. The Kier molecular flexibility index (Phi) is 9.03. The summed E-state index contributed by atoms with van der Waals surface area (Å²) in [5, 5.41) is 84.7. The Morgan fingerprint density at radius 3 is 2.36 bits per heavy atom. The van der Waals surface area contributed by atoms with E-state index < -0.39 is 65.8 Å². The van der Waals surface area contributed by atoms with E-state index in [1.165, 1.54) is 36.4 Å². The van der Waals surface area contributed by atoms with Crippen LogP contribution in [0.2, 0.25) is 0 Å². The average Bonchev–Trinajstić information content (AvgIpc) is 3.04. The van der Waals surface area contributed by atoms with Gasteiger partial charge in [0.2, 0.25) is 6.29 Å². The number of phenolic OH excluding ortho intramolecular Hbond substituents is 4. The smallest absolute Gasteiger partial charge is 0.335 e. The number of rotatable bonds is 7. The molecule has 0 radical (unpaired) electrons. The predicted molar refractivity (Wildman–Crippen MR) is 176 cm³/mol. The maximum atomic E-state index is 14.8. The Bertz CT molecular complexity index is 1900. The summed E-state index contributed by atoms with van der Waals surface area (Å²) in [6.45, 7) is 5.47. The minimum absolute atomic E-state index is 0.0267. The molecule has 13 nitrogen and oxygen atoms in total. The highest BCUT2D eigenvalue weighted by atomic mass is 16.7. The van der Waals surface area contributed by atoms with Crippen LogP contribution < -0.4 is 9.47 Å². The van der Waals surface area contributed by atoms with Gasteiger partial charge in [-0.05, 0) is 75.2 Å². The van der Waals surface area contributed by atoms with Crippen molar-refractivity contribution < 1.29 is 64.7 Å². The van der Waals surface area contributed by atoms with E-state index in [9.17, 15) is 50.4 Å². The van der Waals surface area contributed by atoms with Crippen LogP contribution in [0.15, 0.2) is 66.3 Å². The third-order valence-electron chi connectivity index (χ3n) is 9.44. The van der Waals surface area contributed by atoms with Gasteiger partial charge >= 0.3 is 5.97 Å². The number of benzene rings is 3. The molecule has 0 spiro atoms. The molecule has 264 valence electrons. The number of carboxylic acid groups (broad SMARTS) is 1. The molecule has 8 N–H and O–H groups in total. The van der Waals surface area contributed by atoms with Gasteiger partial charge in [0.1, 0.15) is 58.4 Å². The Labute approximate surface area is 286 Å². The number of ether oxygens (including phenoxy) is 3. The van der Waals surface area contributed by atoms with Gasteiger partial charge in [-0.2, -0.15) is 0 Å². The van der Waals surface area contributed by atoms with Crippen LogP contribution in [0.5, 0.6) is 34.5 Å². The van der Waals surface area contributed by atoms with Gasteiger partial charge in [-0.15, -0.1) is 0 Å². The molecule has 1 aliphatic carbocycles. The van der Waals surface area contributed by atoms with Crippen molar-refractivity contribution in [3.05, 3.63) is 88.5 Å². The van der Waals surface area contributed by atoms with Crippen molar-refractivity contribution in [2.75, 3.05) is 0 Å². The van der Waals surface area contributed by atoms with Gasteiger partial charge in [0.05, 0.1) is 11.1 Å². The zero-order valence-electron chi connectivity index (χ0n) is 27.3. The van der Waals surface area contributed by atoms with E-state index in [1.807, 2.05) is 13.8 Å². The van der Waals surface area contributed by atoms with E-state index in [4.69, 9.17) is 14.2 Å². The second-order valence-electron chi connectivity index (χ2n) is 13.4. The van der Waals surface area contributed by atoms with Crippen molar-refractivity contribution in [3.8, 4) is 34.5 Å². The van der Waals surface area contributed by atoms with Gasteiger partial charge in [0, 0.05) is 29.4 Å². The number of ketones is 1. The number of fused-ring (bicyclic) bond motifs is 1. The number of carbonyl (C=O) groups is 2. The number of Topliss-reactive ketones (excluding diaryl/α,β-unsaturated/α-hetero) is 1. The Hall–Kier alpha value is -5.08. The van der Waals surface area contributed by atoms with Crippen molar-refractivity contribution in [1.29, 1.82) is 0 Å². The number of carboxylic acids is 1. The number of hydrogen-bond acceptors (Lipinski definition) is 12. The van der Waals surface area contributed by atoms with Crippen LogP contribution in [0.25, 0.3) is 6.08 Å². The molecule has 8 unspecified atom stereocenters. The summed E-state index contributed by atoms with van der Waals surface area (Å²) < 4.78 is 17.2. The molecule has 8 atom stereocenters. The first-order chi connectivity index (χ1) is 23.6. The van der Waals surface area contributed by atoms with Crippen molar-refractivity contribution in [2.45, 2.75) is 75.3 Å². The van der Waals surface area contributed by atoms with Crippen LogP contribution >= 0.6 is 0 Å². The lowest BCUT2D eigenvalue weighted by Gasteiger charge is -2.40. The molecule has 3 aromatic carbocycles. The number of aromatic hydroxyl groups is 4. The summed E-state index contributed by atoms with van der Waals surface area (Å²) in [4.78, 5) is 26.6. The molecular formula is C37H38O13. The fourth-order valence-corrected chi connectivity index (χ4v) is 7.02. The first-order valence-electron chi connectivity index (χ1n) is 16.0. The fraction of sp³-hybridized carbons (Fsp3) is 0.351. The highest BCUT2D eigenvalue weighted by Crippen LogP contribution is 2.53. The second kappa shape index (κ2) is 13.0. The van der Waals surface area contributed by atoms with E-state index in [0.29, 0.717) is 16.9 Å². The Morgan fingerprint density at radius 2 is 1.66 bits per heavy atom. The zero-order chi connectivity index (χ0) is 36.2. The van der Waals surface area contributed by atoms with E-state index in [1.54, 1.807) is 31.2 Å². The van der Waals surface area contributed by atoms with Gasteiger partial charge in [-0.25, -0.2) is 4.79 Å². The number of phenols is 4.